The Morgan fingerprint density at radius 2 is 2.10 bits per heavy atom. The van der Waals surface area contributed by atoms with Gasteiger partial charge >= 0.3 is 0 Å². The lowest BCUT2D eigenvalue weighted by molar-refractivity contribution is -0.132. The largest absolute Gasteiger partial charge is 0.486 e. The van der Waals surface area contributed by atoms with Crippen LogP contribution >= 0.6 is 12.4 Å². The van der Waals surface area contributed by atoms with Gasteiger partial charge in [0.2, 0.25) is 5.91 Å². The molecule has 1 aliphatic rings. The summed E-state index contributed by atoms with van der Waals surface area (Å²) >= 11 is 0. The van der Waals surface area contributed by atoms with Crippen LogP contribution in [0.4, 0.5) is 0 Å². The number of carbonyl (C=O) groups excluding carboxylic acids is 1. The molecule has 6 heteroatoms. The Bertz CT molecular complexity index is 456. The van der Waals surface area contributed by atoms with Crippen LogP contribution in [-0.4, -0.2) is 43.2 Å². The van der Waals surface area contributed by atoms with Crippen molar-refractivity contribution in [2.24, 2.45) is 5.73 Å². The number of benzene rings is 1. The molecule has 1 aromatic rings. The average Bonchev–Trinajstić information content (AvgIpc) is 2.47. The molecule has 0 fully saturated rings. The number of nitrogens with two attached hydrogens (primary N) is 1. The summed E-state index contributed by atoms with van der Waals surface area (Å²) in [4.78, 5) is 13.8. The fourth-order valence-corrected chi connectivity index (χ4v) is 2.27. The van der Waals surface area contributed by atoms with E-state index in [0.29, 0.717) is 26.1 Å². The molecule has 21 heavy (non-hydrogen) atoms. The molecule has 0 aromatic heterocycles. The van der Waals surface area contributed by atoms with E-state index in [2.05, 4.69) is 6.92 Å². The third-order valence-electron chi connectivity index (χ3n) is 3.20. The van der Waals surface area contributed by atoms with E-state index in [0.717, 1.165) is 24.5 Å². The predicted molar refractivity (Wildman–Crippen MR) is 84.1 cm³/mol. The lowest BCUT2D eigenvalue weighted by Crippen LogP contribution is -2.44. The Morgan fingerprint density at radius 1 is 1.38 bits per heavy atom. The number of halogens is 1. The van der Waals surface area contributed by atoms with Crippen LogP contribution in [0.1, 0.15) is 19.8 Å². The molecule has 1 amide bonds. The summed E-state index contributed by atoms with van der Waals surface area (Å²) in [6, 6.07) is 7.59. The van der Waals surface area contributed by atoms with E-state index in [9.17, 15) is 4.79 Å². The fourth-order valence-electron chi connectivity index (χ4n) is 2.27. The van der Waals surface area contributed by atoms with E-state index < -0.39 is 0 Å². The minimum Gasteiger partial charge on any atom is -0.486 e. The van der Waals surface area contributed by atoms with Gasteiger partial charge in [0.05, 0.1) is 6.54 Å². The molecule has 0 bridgehead atoms. The highest BCUT2D eigenvalue weighted by Crippen LogP contribution is 2.31. The van der Waals surface area contributed by atoms with E-state index in [1.54, 1.807) is 0 Å². The molecule has 2 rings (SSSR count). The smallest absolute Gasteiger partial charge is 0.223 e. The number of hydrogen-bond acceptors (Lipinski definition) is 4. The van der Waals surface area contributed by atoms with E-state index in [1.165, 1.54) is 0 Å². The van der Waals surface area contributed by atoms with Gasteiger partial charge in [0.1, 0.15) is 6.61 Å². The van der Waals surface area contributed by atoms with Crippen molar-refractivity contribution >= 4 is 18.3 Å². The minimum atomic E-state index is -0.127. The van der Waals surface area contributed by atoms with Gasteiger partial charge < -0.3 is 20.1 Å². The highest BCUT2D eigenvalue weighted by Gasteiger charge is 2.24. The molecular weight excluding hydrogens is 292 g/mol. The Balaban J connectivity index is 0.00000220. The molecule has 0 saturated carbocycles. The van der Waals surface area contributed by atoms with Crippen LogP contribution in [0.25, 0.3) is 0 Å². The van der Waals surface area contributed by atoms with Crippen LogP contribution in [0.2, 0.25) is 0 Å². The zero-order chi connectivity index (χ0) is 14.4. The second-order valence-corrected chi connectivity index (χ2v) is 4.88. The summed E-state index contributed by atoms with van der Waals surface area (Å²) in [5, 5.41) is 0. The predicted octanol–water partition coefficient (Wildman–Crippen LogP) is 1.84. The molecule has 1 atom stereocenters. The Morgan fingerprint density at radius 3 is 2.76 bits per heavy atom. The van der Waals surface area contributed by atoms with E-state index in [-0.39, 0.29) is 24.4 Å². The van der Waals surface area contributed by atoms with Gasteiger partial charge in [-0.2, -0.15) is 0 Å². The molecule has 0 aliphatic carbocycles. The number of amides is 1. The van der Waals surface area contributed by atoms with Gasteiger partial charge in [-0.15, -0.1) is 12.4 Å². The second kappa shape index (κ2) is 8.74. The molecule has 5 nitrogen and oxygen atoms in total. The standard InChI is InChI=1S/C15H22N2O3.ClH/c1-2-9-17(15(18)7-8-16)10-12-11-19-13-5-3-4-6-14(13)20-12;/h3-6,12H,2,7-11,16H2,1H3;1H. The first-order valence-corrected chi connectivity index (χ1v) is 7.11. The zero-order valence-corrected chi connectivity index (χ0v) is 13.1. The third kappa shape index (κ3) is 4.79. The van der Waals surface area contributed by atoms with Gasteiger partial charge in [-0.1, -0.05) is 19.1 Å². The highest BCUT2D eigenvalue weighted by molar-refractivity contribution is 5.85. The molecule has 1 heterocycles. The second-order valence-electron chi connectivity index (χ2n) is 4.88. The molecule has 1 aromatic carbocycles. The van der Waals surface area contributed by atoms with Crippen LogP contribution in [0, 0.1) is 0 Å². The van der Waals surface area contributed by atoms with Crippen LogP contribution < -0.4 is 15.2 Å². The van der Waals surface area contributed by atoms with Gasteiger partial charge in [-0.3, -0.25) is 4.79 Å². The Hall–Kier alpha value is -1.46. The summed E-state index contributed by atoms with van der Waals surface area (Å²) < 4.78 is 11.6. The fraction of sp³-hybridized carbons (Fsp3) is 0.533. The number of ether oxygens (including phenoxy) is 2. The number of fused-ring (bicyclic) bond motifs is 1. The lowest BCUT2D eigenvalue weighted by atomic mass is 10.2. The monoisotopic (exact) mass is 314 g/mol. The summed E-state index contributed by atoms with van der Waals surface area (Å²) in [6.45, 7) is 4.16. The maximum Gasteiger partial charge on any atom is 0.223 e. The maximum atomic E-state index is 12.0. The summed E-state index contributed by atoms with van der Waals surface area (Å²) in [6.07, 6.45) is 1.17. The normalized spacial score (nSPS) is 16.0. The van der Waals surface area contributed by atoms with E-state index >= 15 is 0 Å². The Labute approximate surface area is 131 Å². The molecule has 0 saturated heterocycles. The first-order valence-electron chi connectivity index (χ1n) is 7.11. The van der Waals surface area contributed by atoms with Gasteiger partial charge in [-0.05, 0) is 18.6 Å². The van der Waals surface area contributed by atoms with Crippen molar-refractivity contribution in [1.82, 2.24) is 4.90 Å². The summed E-state index contributed by atoms with van der Waals surface area (Å²) in [5.74, 6) is 1.59. The summed E-state index contributed by atoms with van der Waals surface area (Å²) in [7, 11) is 0. The van der Waals surface area contributed by atoms with Crippen LogP contribution in [0.15, 0.2) is 24.3 Å². The van der Waals surface area contributed by atoms with Crippen molar-refractivity contribution in [3.05, 3.63) is 24.3 Å². The van der Waals surface area contributed by atoms with E-state index in [4.69, 9.17) is 15.2 Å². The molecule has 118 valence electrons. The van der Waals surface area contributed by atoms with Gasteiger partial charge in [0.15, 0.2) is 17.6 Å². The van der Waals surface area contributed by atoms with Gasteiger partial charge in [0.25, 0.3) is 0 Å². The number of hydrogen-bond donors (Lipinski definition) is 1. The van der Waals surface area contributed by atoms with Crippen molar-refractivity contribution < 1.29 is 14.3 Å². The van der Waals surface area contributed by atoms with Crippen molar-refractivity contribution in [1.29, 1.82) is 0 Å². The maximum absolute atomic E-state index is 12.0. The topological polar surface area (TPSA) is 64.8 Å². The molecule has 0 radical (unpaired) electrons. The molecule has 2 N–H and O–H groups in total. The number of nitrogens with zero attached hydrogens (tertiary/aromatic N) is 1. The SMILES string of the molecule is CCCN(CC1COc2ccccc2O1)C(=O)CCN.Cl. The summed E-state index contributed by atoms with van der Waals surface area (Å²) in [5.41, 5.74) is 5.46. The van der Waals surface area contributed by atoms with Crippen molar-refractivity contribution in [3.8, 4) is 11.5 Å². The Kier molecular flexibility index (Phi) is 7.32. The van der Waals surface area contributed by atoms with Crippen molar-refractivity contribution in [3.63, 3.8) is 0 Å². The first kappa shape index (κ1) is 17.6. The zero-order valence-electron chi connectivity index (χ0n) is 12.3. The average molecular weight is 315 g/mol. The van der Waals surface area contributed by atoms with E-state index in [1.807, 2.05) is 29.2 Å². The number of rotatable bonds is 6. The van der Waals surface area contributed by atoms with Crippen LogP contribution in [0.3, 0.4) is 0 Å². The van der Waals surface area contributed by atoms with Crippen LogP contribution in [-0.2, 0) is 4.79 Å². The highest BCUT2D eigenvalue weighted by atomic mass is 35.5. The number of para-hydroxylation sites is 2. The first-order chi connectivity index (χ1) is 9.74. The van der Waals surface area contributed by atoms with Gasteiger partial charge in [-0.25, -0.2) is 0 Å². The molecule has 1 aliphatic heterocycles. The quantitative estimate of drug-likeness (QED) is 0.870. The van der Waals surface area contributed by atoms with Crippen molar-refractivity contribution in [2.75, 3.05) is 26.2 Å². The molecule has 0 spiro atoms. The third-order valence-corrected chi connectivity index (χ3v) is 3.20. The minimum absolute atomic E-state index is 0. The molecule has 1 unspecified atom stereocenters. The van der Waals surface area contributed by atoms with Crippen molar-refractivity contribution in [2.45, 2.75) is 25.9 Å². The lowest BCUT2D eigenvalue weighted by Gasteiger charge is -2.31. The van der Waals surface area contributed by atoms with Gasteiger partial charge in [0, 0.05) is 19.5 Å². The molecular formula is C15H23ClN2O3. The van der Waals surface area contributed by atoms with Crippen LogP contribution in [0.5, 0.6) is 11.5 Å². The number of carbonyl (C=O) groups is 1.